The molecule has 0 fully saturated rings. The van der Waals surface area contributed by atoms with Crippen molar-refractivity contribution in [1.82, 2.24) is 9.97 Å². The minimum atomic E-state index is -0.419. The second kappa shape index (κ2) is 9.46. The standard InChI is InChI=1S/C24H18N6O3S3/c1-32-15-4-3-11(7-16(15)33-2)14-10-35-24(28-14)30-22(31)20-19(26)18-17(12-5-6-34-9-12)13(8-25)21(27)29-23(18)36-20/h3-7,9-10H,26H2,1-2H3,(H2,27,29)(H,28,30,31). The number of anilines is 3. The molecule has 0 atom stereocenters. The number of rotatable bonds is 6. The van der Waals surface area contributed by atoms with Gasteiger partial charge in [0.2, 0.25) is 0 Å². The minimum absolute atomic E-state index is 0.0962. The number of hydrogen-bond acceptors (Lipinski definition) is 11. The fourth-order valence-electron chi connectivity index (χ4n) is 3.76. The van der Waals surface area contributed by atoms with Gasteiger partial charge in [0.1, 0.15) is 27.2 Å². The average Bonchev–Trinajstić information content (AvgIpc) is 3.64. The number of carbonyl (C=O) groups excluding carboxylic acids is 1. The van der Waals surface area contributed by atoms with E-state index in [1.165, 1.54) is 22.7 Å². The first-order chi connectivity index (χ1) is 17.4. The van der Waals surface area contributed by atoms with Crippen molar-refractivity contribution in [2.24, 2.45) is 0 Å². The molecule has 1 amide bonds. The van der Waals surface area contributed by atoms with Crippen LogP contribution in [0.4, 0.5) is 16.6 Å². The molecule has 4 aromatic heterocycles. The van der Waals surface area contributed by atoms with Gasteiger partial charge in [-0.1, -0.05) is 0 Å². The molecule has 0 radical (unpaired) electrons. The summed E-state index contributed by atoms with van der Waals surface area (Å²) in [7, 11) is 3.14. The van der Waals surface area contributed by atoms with E-state index in [0.29, 0.717) is 38.1 Å². The molecule has 36 heavy (non-hydrogen) atoms. The highest BCUT2D eigenvalue weighted by molar-refractivity contribution is 7.21. The Kier molecular flexibility index (Phi) is 6.19. The molecule has 12 heteroatoms. The van der Waals surface area contributed by atoms with Gasteiger partial charge in [-0.2, -0.15) is 16.6 Å². The maximum absolute atomic E-state index is 13.2. The molecule has 4 heterocycles. The number of nitrogens with two attached hydrogens (primary N) is 2. The summed E-state index contributed by atoms with van der Waals surface area (Å²) in [4.78, 5) is 22.8. The lowest BCUT2D eigenvalue weighted by molar-refractivity contribution is 0.103. The molecular weight excluding hydrogens is 517 g/mol. The highest BCUT2D eigenvalue weighted by atomic mass is 32.1. The summed E-state index contributed by atoms with van der Waals surface area (Å²) in [6.45, 7) is 0. The molecule has 5 rings (SSSR count). The highest BCUT2D eigenvalue weighted by Gasteiger charge is 2.25. The molecular formula is C24H18N6O3S3. The van der Waals surface area contributed by atoms with Crippen molar-refractivity contribution in [3.8, 4) is 40.0 Å². The van der Waals surface area contributed by atoms with Crippen LogP contribution in [-0.4, -0.2) is 30.1 Å². The lowest BCUT2D eigenvalue weighted by Gasteiger charge is -2.08. The molecule has 5 aromatic rings. The molecule has 0 spiro atoms. The minimum Gasteiger partial charge on any atom is -0.493 e. The number of carbonyl (C=O) groups is 1. The molecule has 0 aliphatic heterocycles. The predicted octanol–water partition coefficient (Wildman–Crippen LogP) is 5.45. The number of amides is 1. The SMILES string of the molecule is COc1ccc(-c2csc(NC(=O)c3sc4nc(N)c(C#N)c(-c5ccsc5)c4c3N)n2)cc1OC. The van der Waals surface area contributed by atoms with Crippen LogP contribution in [0.3, 0.4) is 0 Å². The van der Waals surface area contributed by atoms with E-state index in [1.54, 1.807) is 20.3 Å². The van der Waals surface area contributed by atoms with Gasteiger partial charge < -0.3 is 20.9 Å². The van der Waals surface area contributed by atoms with Crippen LogP contribution in [0.25, 0.3) is 32.6 Å². The number of nitriles is 1. The van der Waals surface area contributed by atoms with E-state index in [4.69, 9.17) is 20.9 Å². The van der Waals surface area contributed by atoms with Crippen molar-refractivity contribution in [1.29, 1.82) is 5.26 Å². The quantitative estimate of drug-likeness (QED) is 0.260. The molecule has 9 nitrogen and oxygen atoms in total. The lowest BCUT2D eigenvalue weighted by Crippen LogP contribution is -2.11. The molecule has 180 valence electrons. The number of nitrogens with zero attached hydrogens (tertiary/aromatic N) is 3. The van der Waals surface area contributed by atoms with Crippen LogP contribution in [0.15, 0.2) is 40.4 Å². The second-order valence-electron chi connectivity index (χ2n) is 7.46. The normalized spacial score (nSPS) is 10.8. The fraction of sp³-hybridized carbons (Fsp3) is 0.0833. The highest BCUT2D eigenvalue weighted by Crippen LogP contribution is 2.43. The third-order valence-corrected chi connectivity index (χ3v) is 7.98. The number of thiazole rings is 1. The maximum atomic E-state index is 13.2. The van der Waals surface area contributed by atoms with Gasteiger partial charge in [-0.15, -0.1) is 22.7 Å². The fourth-order valence-corrected chi connectivity index (χ4v) is 6.13. The summed E-state index contributed by atoms with van der Waals surface area (Å²) in [5, 5.41) is 19.1. The smallest absolute Gasteiger partial charge is 0.269 e. The largest absolute Gasteiger partial charge is 0.493 e. The molecule has 0 unspecified atom stereocenters. The number of benzene rings is 1. The van der Waals surface area contributed by atoms with Crippen molar-refractivity contribution in [2.45, 2.75) is 0 Å². The topological polar surface area (TPSA) is 149 Å². The Balaban J connectivity index is 1.49. The van der Waals surface area contributed by atoms with Gasteiger partial charge in [0, 0.05) is 21.9 Å². The molecule has 5 N–H and O–H groups in total. The van der Waals surface area contributed by atoms with Crippen LogP contribution in [0.2, 0.25) is 0 Å². The number of fused-ring (bicyclic) bond motifs is 1. The number of aromatic nitrogens is 2. The number of nitrogens with one attached hydrogen (secondary N) is 1. The predicted molar refractivity (Wildman–Crippen MR) is 145 cm³/mol. The zero-order valence-electron chi connectivity index (χ0n) is 19.0. The number of hydrogen-bond donors (Lipinski definition) is 3. The Bertz CT molecular complexity index is 1650. The van der Waals surface area contributed by atoms with E-state index in [9.17, 15) is 10.1 Å². The zero-order chi connectivity index (χ0) is 25.4. The molecule has 0 bridgehead atoms. The molecule has 1 aromatic carbocycles. The van der Waals surface area contributed by atoms with Gasteiger partial charge in [-0.25, -0.2) is 9.97 Å². The number of pyridine rings is 1. The van der Waals surface area contributed by atoms with Crippen LogP contribution < -0.4 is 26.3 Å². The summed E-state index contributed by atoms with van der Waals surface area (Å²) in [5.41, 5.74) is 15.9. The average molecular weight is 535 g/mol. The monoisotopic (exact) mass is 534 g/mol. The van der Waals surface area contributed by atoms with Gasteiger partial charge in [0.15, 0.2) is 16.6 Å². The van der Waals surface area contributed by atoms with Crippen molar-refractivity contribution in [3.05, 3.63) is 50.8 Å². The Labute approximate surface area is 217 Å². The summed E-state index contributed by atoms with van der Waals surface area (Å²) in [5.74, 6) is 0.869. The first-order valence-electron chi connectivity index (χ1n) is 10.4. The summed E-state index contributed by atoms with van der Waals surface area (Å²) in [6, 6.07) is 9.48. The maximum Gasteiger partial charge on any atom is 0.269 e. The van der Waals surface area contributed by atoms with Crippen LogP contribution in [-0.2, 0) is 0 Å². The van der Waals surface area contributed by atoms with Gasteiger partial charge >= 0.3 is 0 Å². The van der Waals surface area contributed by atoms with Gasteiger partial charge in [-0.3, -0.25) is 10.1 Å². The van der Waals surface area contributed by atoms with Crippen molar-refractivity contribution < 1.29 is 14.3 Å². The van der Waals surface area contributed by atoms with Crippen LogP contribution in [0.5, 0.6) is 11.5 Å². The summed E-state index contributed by atoms with van der Waals surface area (Å²) in [6.07, 6.45) is 0. The second-order valence-corrected chi connectivity index (χ2v) is 10.1. The third-order valence-electron chi connectivity index (χ3n) is 5.44. The van der Waals surface area contributed by atoms with Crippen molar-refractivity contribution in [3.63, 3.8) is 0 Å². The van der Waals surface area contributed by atoms with Gasteiger partial charge in [0.25, 0.3) is 5.91 Å². The zero-order valence-corrected chi connectivity index (χ0v) is 21.4. The first-order valence-corrected chi connectivity index (χ1v) is 13.0. The molecule has 0 aliphatic carbocycles. The lowest BCUT2D eigenvalue weighted by atomic mass is 9.99. The molecule has 0 aliphatic rings. The first kappa shape index (κ1) is 23.6. The van der Waals surface area contributed by atoms with E-state index in [0.717, 1.165) is 22.5 Å². The van der Waals surface area contributed by atoms with E-state index < -0.39 is 5.91 Å². The third kappa shape index (κ3) is 3.99. The number of methoxy groups -OCH3 is 2. The van der Waals surface area contributed by atoms with E-state index >= 15 is 0 Å². The summed E-state index contributed by atoms with van der Waals surface area (Å²) < 4.78 is 10.6. The van der Waals surface area contributed by atoms with Gasteiger partial charge in [-0.05, 0) is 40.6 Å². The Hall–Kier alpha value is -4.18. The van der Waals surface area contributed by atoms with Crippen molar-refractivity contribution >= 4 is 66.8 Å². The van der Waals surface area contributed by atoms with Crippen molar-refractivity contribution in [2.75, 3.05) is 31.0 Å². The summed E-state index contributed by atoms with van der Waals surface area (Å²) >= 11 is 3.89. The number of ether oxygens (including phenoxy) is 2. The Morgan fingerprint density at radius 3 is 2.58 bits per heavy atom. The van der Waals surface area contributed by atoms with E-state index in [1.807, 2.05) is 34.3 Å². The van der Waals surface area contributed by atoms with Crippen LogP contribution in [0.1, 0.15) is 15.2 Å². The van der Waals surface area contributed by atoms with Crippen LogP contribution in [0, 0.1) is 11.3 Å². The van der Waals surface area contributed by atoms with Crippen LogP contribution >= 0.6 is 34.0 Å². The number of thiophene rings is 2. The molecule has 0 saturated heterocycles. The number of nitrogen functional groups attached to an aromatic ring is 2. The Morgan fingerprint density at radius 2 is 1.89 bits per heavy atom. The molecule has 0 saturated carbocycles. The Morgan fingerprint density at radius 1 is 1.08 bits per heavy atom. The van der Waals surface area contributed by atoms with E-state index in [2.05, 4.69) is 21.4 Å². The van der Waals surface area contributed by atoms with Gasteiger partial charge in [0.05, 0.1) is 25.6 Å². The van der Waals surface area contributed by atoms with E-state index in [-0.39, 0.29) is 21.9 Å².